The van der Waals surface area contributed by atoms with Gasteiger partial charge in [-0.2, -0.15) is 4.98 Å². The Kier molecular flexibility index (Phi) is 8.09. The monoisotopic (exact) mass is 531 g/mol. The van der Waals surface area contributed by atoms with Crippen molar-refractivity contribution in [1.82, 2.24) is 25.3 Å². The molecule has 0 radical (unpaired) electrons. The smallest absolute Gasteiger partial charge is 0.326 e. The molecule has 0 saturated heterocycles. The topological polar surface area (TPSA) is 204 Å². The number of carboxylic acids is 2. The highest BCUT2D eigenvalue weighted by Crippen LogP contribution is 2.21. The molecule has 4 rings (SSSR count). The maximum absolute atomic E-state index is 12.6. The van der Waals surface area contributed by atoms with Gasteiger partial charge in [0.1, 0.15) is 6.04 Å². The van der Waals surface area contributed by atoms with E-state index in [0.29, 0.717) is 12.2 Å². The van der Waals surface area contributed by atoms with Gasteiger partial charge in [0, 0.05) is 24.2 Å². The minimum absolute atomic E-state index is 0.0547. The lowest BCUT2D eigenvalue weighted by molar-refractivity contribution is -0.140. The van der Waals surface area contributed by atoms with E-state index in [1.807, 2.05) is 35.2 Å². The molecule has 200 valence electrons. The molecule has 39 heavy (non-hydrogen) atoms. The standard InChI is InChI=1S/C26H25N7O6/c27-26-31-22-21(24(37)32-26)29-17(12-28-22)14-33(13-15-4-2-1-3-5-15)18-8-6-16(7-9-18)23(36)30-19(25(38)39)10-11-20(34)35/h1-9,12,19H,10-11,13-14H2,(H,30,36)(H,34,35)(H,38,39)(H3,27,28,31,32,37)/t19-/m0/s1. The molecule has 13 nitrogen and oxygen atoms in total. The molecule has 0 saturated carbocycles. The Balaban J connectivity index is 1.57. The number of amides is 1. The first kappa shape index (κ1) is 26.7. The van der Waals surface area contributed by atoms with Crippen molar-refractivity contribution in [2.75, 3.05) is 10.6 Å². The number of carboxylic acid groups (broad SMARTS) is 2. The number of hydrogen-bond donors (Lipinski definition) is 5. The predicted molar refractivity (Wildman–Crippen MR) is 141 cm³/mol. The van der Waals surface area contributed by atoms with Gasteiger partial charge in [-0.05, 0) is 36.2 Å². The van der Waals surface area contributed by atoms with Crippen LogP contribution in [0.3, 0.4) is 0 Å². The molecule has 0 aliphatic heterocycles. The van der Waals surface area contributed by atoms with Crippen molar-refractivity contribution < 1.29 is 24.6 Å². The van der Waals surface area contributed by atoms with Gasteiger partial charge in [0.05, 0.1) is 18.4 Å². The normalized spacial score (nSPS) is 11.6. The Morgan fingerprint density at radius 2 is 1.72 bits per heavy atom. The molecule has 0 fully saturated rings. The molecule has 0 aliphatic rings. The highest BCUT2D eigenvalue weighted by Gasteiger charge is 2.22. The third kappa shape index (κ3) is 6.91. The van der Waals surface area contributed by atoms with E-state index >= 15 is 0 Å². The van der Waals surface area contributed by atoms with Crippen LogP contribution < -0.4 is 21.5 Å². The fourth-order valence-electron chi connectivity index (χ4n) is 3.88. The van der Waals surface area contributed by atoms with Crippen LogP contribution in [0.4, 0.5) is 11.6 Å². The second kappa shape index (κ2) is 11.8. The lowest BCUT2D eigenvalue weighted by atomic mass is 10.1. The quantitative estimate of drug-likeness (QED) is 0.188. The molecular formula is C26H25N7O6. The summed E-state index contributed by atoms with van der Waals surface area (Å²) in [5.41, 5.74) is 7.71. The number of carbonyl (C=O) groups is 3. The molecule has 1 atom stereocenters. The number of aromatic nitrogens is 4. The Bertz CT molecular complexity index is 1560. The largest absolute Gasteiger partial charge is 0.481 e. The van der Waals surface area contributed by atoms with Gasteiger partial charge < -0.3 is 26.2 Å². The first-order chi connectivity index (χ1) is 18.7. The van der Waals surface area contributed by atoms with E-state index < -0.39 is 35.9 Å². The number of aliphatic carboxylic acids is 2. The van der Waals surface area contributed by atoms with E-state index in [9.17, 15) is 24.3 Å². The maximum atomic E-state index is 12.6. The summed E-state index contributed by atoms with van der Waals surface area (Å²) in [7, 11) is 0. The molecule has 4 aromatic rings. The van der Waals surface area contributed by atoms with Crippen LogP contribution >= 0.6 is 0 Å². The van der Waals surface area contributed by atoms with Crippen molar-refractivity contribution in [3.63, 3.8) is 0 Å². The molecule has 0 bridgehead atoms. The first-order valence-electron chi connectivity index (χ1n) is 11.9. The summed E-state index contributed by atoms with van der Waals surface area (Å²) in [6.07, 6.45) is 0.881. The number of benzene rings is 2. The van der Waals surface area contributed by atoms with Crippen molar-refractivity contribution in [3.05, 3.63) is 88.0 Å². The minimum Gasteiger partial charge on any atom is -0.481 e. The lowest BCUT2D eigenvalue weighted by Gasteiger charge is -2.25. The highest BCUT2D eigenvalue weighted by molar-refractivity contribution is 5.97. The number of hydrogen-bond acceptors (Lipinski definition) is 9. The Labute approximate surface area is 221 Å². The molecule has 2 aromatic carbocycles. The summed E-state index contributed by atoms with van der Waals surface area (Å²) in [6.45, 7) is 0.738. The van der Waals surface area contributed by atoms with Crippen LogP contribution in [-0.2, 0) is 22.7 Å². The van der Waals surface area contributed by atoms with Gasteiger partial charge in [0.2, 0.25) is 5.95 Å². The van der Waals surface area contributed by atoms with Crippen molar-refractivity contribution in [2.45, 2.75) is 32.0 Å². The molecule has 2 aromatic heterocycles. The number of nitrogen functional groups attached to an aromatic ring is 1. The number of rotatable bonds is 11. The number of carbonyl (C=O) groups excluding carboxylic acids is 1. The number of anilines is 2. The van der Waals surface area contributed by atoms with E-state index in [1.165, 1.54) is 6.20 Å². The summed E-state index contributed by atoms with van der Waals surface area (Å²) in [6, 6.07) is 14.8. The van der Waals surface area contributed by atoms with Crippen LogP contribution in [0, 0.1) is 0 Å². The average Bonchev–Trinajstić information content (AvgIpc) is 2.91. The van der Waals surface area contributed by atoms with Crippen molar-refractivity contribution in [2.24, 2.45) is 0 Å². The third-order valence-electron chi connectivity index (χ3n) is 5.80. The number of fused-ring (bicyclic) bond motifs is 1. The van der Waals surface area contributed by atoms with Gasteiger partial charge >= 0.3 is 11.9 Å². The Hall–Kier alpha value is -5.33. The zero-order valence-electron chi connectivity index (χ0n) is 20.6. The van der Waals surface area contributed by atoms with Gasteiger partial charge in [-0.3, -0.25) is 19.4 Å². The van der Waals surface area contributed by atoms with Gasteiger partial charge in [-0.15, -0.1) is 0 Å². The number of nitrogens with two attached hydrogens (primary N) is 1. The van der Waals surface area contributed by atoms with E-state index in [-0.39, 0.29) is 35.6 Å². The summed E-state index contributed by atoms with van der Waals surface area (Å²) < 4.78 is 0. The molecule has 0 unspecified atom stereocenters. The van der Waals surface area contributed by atoms with Crippen LogP contribution in [-0.4, -0.2) is 54.0 Å². The van der Waals surface area contributed by atoms with Crippen molar-refractivity contribution >= 4 is 40.6 Å². The molecular weight excluding hydrogens is 506 g/mol. The van der Waals surface area contributed by atoms with Crippen LogP contribution in [0.2, 0.25) is 0 Å². The summed E-state index contributed by atoms with van der Waals surface area (Å²) in [5.74, 6) is -3.16. The minimum atomic E-state index is -1.33. The average molecular weight is 532 g/mol. The van der Waals surface area contributed by atoms with Gasteiger partial charge in [-0.25, -0.2) is 14.8 Å². The molecule has 0 aliphatic carbocycles. The maximum Gasteiger partial charge on any atom is 0.326 e. The number of nitrogens with one attached hydrogen (secondary N) is 2. The molecule has 6 N–H and O–H groups in total. The zero-order valence-corrected chi connectivity index (χ0v) is 20.6. The van der Waals surface area contributed by atoms with E-state index in [0.717, 1.165) is 11.3 Å². The molecule has 1 amide bonds. The summed E-state index contributed by atoms with van der Waals surface area (Å²) in [4.78, 5) is 64.2. The van der Waals surface area contributed by atoms with Crippen LogP contribution in [0.25, 0.3) is 11.2 Å². The van der Waals surface area contributed by atoms with Gasteiger partial charge in [0.25, 0.3) is 11.5 Å². The fourth-order valence-corrected chi connectivity index (χ4v) is 3.88. The van der Waals surface area contributed by atoms with Crippen molar-refractivity contribution in [3.8, 4) is 0 Å². The number of aromatic amines is 1. The second-order valence-electron chi connectivity index (χ2n) is 8.67. The number of nitrogens with zero attached hydrogens (tertiary/aromatic N) is 4. The SMILES string of the molecule is Nc1nc2ncc(CN(Cc3ccccc3)c3ccc(C(=O)N[C@@H](CCC(=O)O)C(=O)O)cc3)nc2c(=O)[nH]1. The Morgan fingerprint density at radius 1 is 1.00 bits per heavy atom. The summed E-state index contributed by atoms with van der Waals surface area (Å²) >= 11 is 0. The molecule has 2 heterocycles. The van der Waals surface area contributed by atoms with E-state index in [4.69, 9.17) is 10.8 Å². The predicted octanol–water partition coefficient (Wildman–Crippen LogP) is 1.55. The molecule has 13 heteroatoms. The first-order valence-corrected chi connectivity index (χ1v) is 11.9. The van der Waals surface area contributed by atoms with Gasteiger partial charge in [-0.1, -0.05) is 30.3 Å². The van der Waals surface area contributed by atoms with E-state index in [1.54, 1.807) is 24.3 Å². The Morgan fingerprint density at radius 3 is 2.38 bits per heavy atom. The van der Waals surface area contributed by atoms with Crippen molar-refractivity contribution in [1.29, 1.82) is 0 Å². The summed E-state index contributed by atoms with van der Waals surface area (Å²) in [5, 5.41) is 20.5. The van der Waals surface area contributed by atoms with Crippen LogP contribution in [0.5, 0.6) is 0 Å². The van der Waals surface area contributed by atoms with Crippen LogP contribution in [0.1, 0.15) is 34.5 Å². The van der Waals surface area contributed by atoms with E-state index in [2.05, 4.69) is 25.3 Å². The number of H-pyrrole nitrogens is 1. The van der Waals surface area contributed by atoms with Gasteiger partial charge in [0.15, 0.2) is 11.2 Å². The van der Waals surface area contributed by atoms with Crippen LogP contribution in [0.15, 0.2) is 65.6 Å². The lowest BCUT2D eigenvalue weighted by Crippen LogP contribution is -2.41. The highest BCUT2D eigenvalue weighted by atomic mass is 16.4. The fraction of sp³-hybridized carbons (Fsp3) is 0.192. The zero-order chi connectivity index (χ0) is 27.9. The molecule has 0 spiro atoms. The second-order valence-corrected chi connectivity index (χ2v) is 8.67. The third-order valence-corrected chi connectivity index (χ3v) is 5.80.